The van der Waals surface area contributed by atoms with Crippen molar-refractivity contribution >= 4 is 28.5 Å². The van der Waals surface area contributed by atoms with Crippen LogP contribution in [-0.4, -0.2) is 35.1 Å². The second-order valence-corrected chi connectivity index (χ2v) is 6.82. The number of anilines is 1. The lowest BCUT2D eigenvalue weighted by Gasteiger charge is -2.12. The number of para-hydroxylation sites is 1. The number of carbonyl (C=O) groups is 2. The third-order valence-corrected chi connectivity index (χ3v) is 4.66. The first-order valence-electron chi connectivity index (χ1n) is 9.44. The van der Waals surface area contributed by atoms with Crippen LogP contribution >= 0.6 is 0 Å². The quantitative estimate of drug-likeness (QED) is 0.602. The predicted molar refractivity (Wildman–Crippen MR) is 113 cm³/mol. The van der Waals surface area contributed by atoms with Crippen LogP contribution in [0.15, 0.2) is 47.3 Å². The Bertz CT molecular complexity index is 1150. The third kappa shape index (κ3) is 4.83. The zero-order valence-corrected chi connectivity index (χ0v) is 17.1. The topological polar surface area (TPSA) is 99.5 Å². The Morgan fingerprint density at radius 3 is 2.70 bits per heavy atom. The first-order valence-corrected chi connectivity index (χ1v) is 9.44. The molecular weight excluding hydrogens is 386 g/mol. The number of carbonyl (C=O) groups excluding carboxylic acids is 2. The number of amides is 1. The van der Waals surface area contributed by atoms with E-state index in [1.54, 1.807) is 35.9 Å². The number of nitrogens with zero attached hydrogens (tertiary/aromatic N) is 2. The molecule has 1 amide bonds. The van der Waals surface area contributed by atoms with Crippen LogP contribution < -0.4 is 15.6 Å². The van der Waals surface area contributed by atoms with E-state index in [9.17, 15) is 14.4 Å². The van der Waals surface area contributed by atoms with Crippen molar-refractivity contribution in [2.24, 2.45) is 7.05 Å². The van der Waals surface area contributed by atoms with E-state index in [0.29, 0.717) is 22.6 Å². The second-order valence-electron chi connectivity index (χ2n) is 6.82. The van der Waals surface area contributed by atoms with Gasteiger partial charge in [-0.05, 0) is 36.8 Å². The molecule has 0 atom stereocenters. The summed E-state index contributed by atoms with van der Waals surface area (Å²) >= 11 is 0. The standard InChI is InChI=1S/C22H23N3O5/c1-14-8-9-18(29-3)16(12-14)23-20(26)13-30-21(27)11-10-19-24-22(28)15-6-4-5-7-17(15)25(19)2/h4-9,12H,10-11,13H2,1-3H3,(H,23,26). The van der Waals surface area contributed by atoms with Crippen molar-refractivity contribution in [2.45, 2.75) is 19.8 Å². The summed E-state index contributed by atoms with van der Waals surface area (Å²) in [5.74, 6) is -0.0274. The SMILES string of the molecule is COc1ccc(C)cc1NC(=O)COC(=O)CCc1nc(=O)c2ccccc2n1C. The molecule has 0 aliphatic rings. The van der Waals surface area contributed by atoms with Gasteiger partial charge in [0.15, 0.2) is 6.61 Å². The van der Waals surface area contributed by atoms with Gasteiger partial charge >= 0.3 is 5.97 Å². The van der Waals surface area contributed by atoms with Gasteiger partial charge < -0.3 is 19.4 Å². The molecule has 0 radical (unpaired) electrons. The van der Waals surface area contributed by atoms with E-state index in [0.717, 1.165) is 11.1 Å². The molecule has 1 aromatic heterocycles. The van der Waals surface area contributed by atoms with Gasteiger partial charge in [-0.1, -0.05) is 18.2 Å². The van der Waals surface area contributed by atoms with Crippen molar-refractivity contribution in [2.75, 3.05) is 19.0 Å². The van der Waals surface area contributed by atoms with Crippen LogP contribution in [0.5, 0.6) is 5.75 Å². The molecule has 2 aromatic carbocycles. The molecule has 0 unspecified atom stereocenters. The maximum absolute atomic E-state index is 12.2. The molecular formula is C22H23N3O5. The van der Waals surface area contributed by atoms with Crippen LogP contribution in [0.25, 0.3) is 10.9 Å². The lowest BCUT2D eigenvalue weighted by Crippen LogP contribution is -2.22. The van der Waals surface area contributed by atoms with Crippen LogP contribution in [-0.2, 0) is 27.8 Å². The maximum Gasteiger partial charge on any atom is 0.306 e. The highest BCUT2D eigenvalue weighted by molar-refractivity contribution is 5.94. The van der Waals surface area contributed by atoms with Crippen molar-refractivity contribution in [3.05, 3.63) is 64.2 Å². The molecule has 156 valence electrons. The van der Waals surface area contributed by atoms with Gasteiger partial charge in [-0.3, -0.25) is 14.4 Å². The number of nitrogens with one attached hydrogen (secondary N) is 1. The van der Waals surface area contributed by atoms with Crippen LogP contribution in [0.3, 0.4) is 0 Å². The van der Waals surface area contributed by atoms with E-state index >= 15 is 0 Å². The molecule has 0 fully saturated rings. The van der Waals surface area contributed by atoms with E-state index in [-0.39, 0.29) is 18.4 Å². The number of aromatic nitrogens is 2. The largest absolute Gasteiger partial charge is 0.495 e. The van der Waals surface area contributed by atoms with E-state index in [1.165, 1.54) is 7.11 Å². The lowest BCUT2D eigenvalue weighted by molar-refractivity contribution is -0.147. The smallest absolute Gasteiger partial charge is 0.306 e. The minimum atomic E-state index is -0.552. The number of esters is 1. The van der Waals surface area contributed by atoms with Crippen molar-refractivity contribution in [1.82, 2.24) is 9.55 Å². The van der Waals surface area contributed by atoms with Gasteiger partial charge in [0.2, 0.25) is 0 Å². The molecule has 0 aliphatic heterocycles. The average molecular weight is 409 g/mol. The number of ether oxygens (including phenoxy) is 2. The molecule has 0 bridgehead atoms. The predicted octanol–water partition coefficient (Wildman–Crippen LogP) is 2.37. The highest BCUT2D eigenvalue weighted by Crippen LogP contribution is 2.25. The molecule has 1 heterocycles. The van der Waals surface area contributed by atoms with E-state index in [2.05, 4.69) is 10.3 Å². The highest BCUT2D eigenvalue weighted by atomic mass is 16.5. The molecule has 0 saturated carbocycles. The Morgan fingerprint density at radius 1 is 1.17 bits per heavy atom. The summed E-state index contributed by atoms with van der Waals surface area (Å²) in [4.78, 5) is 40.4. The van der Waals surface area contributed by atoms with Gasteiger partial charge in [0, 0.05) is 13.5 Å². The fraction of sp³-hybridized carbons (Fsp3) is 0.273. The lowest BCUT2D eigenvalue weighted by atomic mass is 10.2. The molecule has 1 N–H and O–H groups in total. The third-order valence-electron chi connectivity index (χ3n) is 4.66. The number of rotatable bonds is 7. The summed E-state index contributed by atoms with van der Waals surface area (Å²) in [6, 6.07) is 12.5. The summed E-state index contributed by atoms with van der Waals surface area (Å²) in [7, 11) is 3.30. The molecule has 3 aromatic rings. The second kappa shape index (κ2) is 9.21. The fourth-order valence-corrected chi connectivity index (χ4v) is 3.10. The molecule has 0 spiro atoms. The average Bonchev–Trinajstić information content (AvgIpc) is 2.74. The molecule has 8 nitrogen and oxygen atoms in total. The Balaban J connectivity index is 1.56. The fourth-order valence-electron chi connectivity index (χ4n) is 3.10. The molecule has 8 heteroatoms. The highest BCUT2D eigenvalue weighted by Gasteiger charge is 2.13. The van der Waals surface area contributed by atoms with E-state index in [1.807, 2.05) is 25.1 Å². The molecule has 30 heavy (non-hydrogen) atoms. The number of hydrogen-bond acceptors (Lipinski definition) is 6. The first-order chi connectivity index (χ1) is 14.4. The van der Waals surface area contributed by atoms with Gasteiger partial charge in [0.1, 0.15) is 11.6 Å². The minimum absolute atomic E-state index is 0.000331. The zero-order valence-electron chi connectivity index (χ0n) is 17.1. The Morgan fingerprint density at radius 2 is 1.93 bits per heavy atom. The van der Waals surface area contributed by atoms with Gasteiger partial charge in [-0.25, -0.2) is 0 Å². The van der Waals surface area contributed by atoms with Crippen LogP contribution in [0.2, 0.25) is 0 Å². The van der Waals surface area contributed by atoms with Crippen molar-refractivity contribution in [3.8, 4) is 5.75 Å². The van der Waals surface area contributed by atoms with Crippen molar-refractivity contribution < 1.29 is 19.1 Å². The van der Waals surface area contributed by atoms with Gasteiger partial charge in [0.05, 0.1) is 30.1 Å². The van der Waals surface area contributed by atoms with Gasteiger partial charge in [-0.2, -0.15) is 4.98 Å². The molecule has 0 aliphatic carbocycles. The Hall–Kier alpha value is -3.68. The number of methoxy groups -OCH3 is 1. The first kappa shape index (κ1) is 21.0. The van der Waals surface area contributed by atoms with Crippen LogP contribution in [0.1, 0.15) is 17.8 Å². The minimum Gasteiger partial charge on any atom is -0.495 e. The zero-order chi connectivity index (χ0) is 21.7. The van der Waals surface area contributed by atoms with Crippen molar-refractivity contribution in [1.29, 1.82) is 0 Å². The number of fused-ring (bicyclic) bond motifs is 1. The van der Waals surface area contributed by atoms with Gasteiger partial charge in [0.25, 0.3) is 11.5 Å². The van der Waals surface area contributed by atoms with E-state index < -0.39 is 18.5 Å². The number of benzene rings is 2. The van der Waals surface area contributed by atoms with Gasteiger partial charge in [-0.15, -0.1) is 0 Å². The molecule has 0 saturated heterocycles. The summed E-state index contributed by atoms with van der Waals surface area (Å²) in [5, 5.41) is 3.19. The summed E-state index contributed by atoms with van der Waals surface area (Å²) in [5.41, 5.74) is 1.87. The normalized spacial score (nSPS) is 10.6. The Kier molecular flexibility index (Phi) is 6.46. The number of hydrogen-bond donors (Lipinski definition) is 1. The maximum atomic E-state index is 12.2. The monoisotopic (exact) mass is 409 g/mol. The summed E-state index contributed by atoms with van der Waals surface area (Å²) in [6.07, 6.45) is 0.225. The Labute approximate surface area is 173 Å². The van der Waals surface area contributed by atoms with Crippen molar-refractivity contribution in [3.63, 3.8) is 0 Å². The van der Waals surface area contributed by atoms with Crippen LogP contribution in [0, 0.1) is 6.92 Å². The summed E-state index contributed by atoms with van der Waals surface area (Å²) < 4.78 is 12.0. The number of aryl methyl sites for hydroxylation is 3. The van der Waals surface area contributed by atoms with Crippen LogP contribution in [0.4, 0.5) is 5.69 Å². The van der Waals surface area contributed by atoms with E-state index in [4.69, 9.17) is 9.47 Å². The summed E-state index contributed by atoms with van der Waals surface area (Å²) in [6.45, 7) is 1.48. The molecule has 3 rings (SSSR count).